The molecule has 0 aromatic rings. The lowest BCUT2D eigenvalue weighted by molar-refractivity contribution is -0.133. The van der Waals surface area contributed by atoms with Crippen LogP contribution >= 0.6 is 0 Å². The second-order valence-electron chi connectivity index (χ2n) is 5.20. The van der Waals surface area contributed by atoms with Crippen molar-refractivity contribution in [3.8, 4) is 0 Å². The Morgan fingerprint density at radius 3 is 2.47 bits per heavy atom. The highest BCUT2D eigenvalue weighted by Crippen LogP contribution is 2.29. The average Bonchev–Trinajstić information content (AvgIpc) is 2.29. The van der Waals surface area contributed by atoms with Crippen molar-refractivity contribution in [3.63, 3.8) is 0 Å². The van der Waals surface area contributed by atoms with Crippen molar-refractivity contribution < 1.29 is 9.90 Å². The van der Waals surface area contributed by atoms with Crippen molar-refractivity contribution in [2.45, 2.75) is 57.4 Å². The Hall–Kier alpha value is -0.610. The number of carbonyl (C=O) groups is 1. The first-order valence-electron chi connectivity index (χ1n) is 6.79. The summed E-state index contributed by atoms with van der Waals surface area (Å²) in [5.74, 6) is 0.102. The topological polar surface area (TPSA) is 66.6 Å². The van der Waals surface area contributed by atoms with E-state index in [0.29, 0.717) is 13.0 Å². The third kappa shape index (κ3) is 4.64. The molecule has 0 aliphatic heterocycles. The van der Waals surface area contributed by atoms with Gasteiger partial charge in [0, 0.05) is 25.0 Å². The van der Waals surface area contributed by atoms with Crippen LogP contribution in [0.25, 0.3) is 0 Å². The summed E-state index contributed by atoms with van der Waals surface area (Å²) in [6.45, 7) is 3.22. The van der Waals surface area contributed by atoms with Crippen LogP contribution in [0.4, 0.5) is 0 Å². The first-order valence-corrected chi connectivity index (χ1v) is 6.79. The molecule has 17 heavy (non-hydrogen) atoms. The molecule has 0 bridgehead atoms. The Morgan fingerprint density at radius 2 is 1.94 bits per heavy atom. The Kier molecular flexibility index (Phi) is 5.92. The number of hydrogen-bond donors (Lipinski definition) is 2. The molecule has 0 atom stereocenters. The van der Waals surface area contributed by atoms with Gasteiger partial charge in [-0.3, -0.25) is 4.79 Å². The summed E-state index contributed by atoms with van der Waals surface area (Å²) in [7, 11) is 0. The minimum Gasteiger partial charge on any atom is -0.395 e. The van der Waals surface area contributed by atoms with Crippen molar-refractivity contribution in [1.82, 2.24) is 4.90 Å². The third-order valence-electron chi connectivity index (χ3n) is 3.57. The van der Waals surface area contributed by atoms with E-state index in [1.807, 2.05) is 6.92 Å². The number of aliphatic hydroxyl groups is 1. The summed E-state index contributed by atoms with van der Waals surface area (Å²) < 4.78 is 0. The average molecular weight is 242 g/mol. The van der Waals surface area contributed by atoms with E-state index in [0.717, 1.165) is 38.6 Å². The van der Waals surface area contributed by atoms with Crippen LogP contribution in [-0.2, 0) is 4.79 Å². The van der Waals surface area contributed by atoms with Crippen LogP contribution in [0, 0.1) is 0 Å². The van der Waals surface area contributed by atoms with Gasteiger partial charge in [0.15, 0.2) is 0 Å². The first-order chi connectivity index (χ1) is 8.11. The van der Waals surface area contributed by atoms with Crippen LogP contribution in [-0.4, -0.2) is 41.1 Å². The summed E-state index contributed by atoms with van der Waals surface area (Å²) in [5, 5.41) is 8.96. The minimum atomic E-state index is -0.295. The van der Waals surface area contributed by atoms with Gasteiger partial charge in [-0.1, -0.05) is 26.2 Å². The number of carbonyl (C=O) groups excluding carboxylic acids is 1. The van der Waals surface area contributed by atoms with Crippen LogP contribution in [0.1, 0.15) is 51.9 Å². The maximum absolute atomic E-state index is 12.1. The lowest BCUT2D eigenvalue weighted by Crippen LogP contribution is -2.47. The number of hydrogen-bond acceptors (Lipinski definition) is 3. The highest BCUT2D eigenvalue weighted by Gasteiger charge is 2.31. The largest absolute Gasteiger partial charge is 0.395 e. The van der Waals surface area contributed by atoms with Crippen molar-refractivity contribution in [1.29, 1.82) is 0 Å². The number of nitrogens with two attached hydrogens (primary N) is 1. The van der Waals surface area contributed by atoms with Gasteiger partial charge in [0.25, 0.3) is 0 Å². The van der Waals surface area contributed by atoms with Gasteiger partial charge >= 0.3 is 0 Å². The van der Waals surface area contributed by atoms with Crippen molar-refractivity contribution in [2.24, 2.45) is 5.73 Å². The SMILES string of the molecule is CCCN(CCO)C(=O)CC1(N)CCCCC1. The number of nitrogens with zero attached hydrogens (tertiary/aromatic N) is 1. The summed E-state index contributed by atoms with van der Waals surface area (Å²) in [6.07, 6.45) is 6.78. The molecule has 0 radical (unpaired) electrons. The lowest BCUT2D eigenvalue weighted by atomic mass is 9.80. The van der Waals surface area contributed by atoms with Gasteiger partial charge in [0.1, 0.15) is 0 Å². The van der Waals surface area contributed by atoms with Crippen LogP contribution in [0.2, 0.25) is 0 Å². The van der Waals surface area contributed by atoms with E-state index in [9.17, 15) is 4.79 Å². The Balaban J connectivity index is 2.49. The summed E-state index contributed by atoms with van der Waals surface area (Å²) in [4.78, 5) is 13.9. The fourth-order valence-electron chi connectivity index (χ4n) is 2.60. The highest BCUT2D eigenvalue weighted by molar-refractivity contribution is 5.77. The van der Waals surface area contributed by atoms with E-state index in [1.165, 1.54) is 6.42 Å². The zero-order valence-corrected chi connectivity index (χ0v) is 11.0. The molecule has 0 aromatic carbocycles. The number of rotatable bonds is 6. The molecular formula is C13H26N2O2. The van der Waals surface area contributed by atoms with Gasteiger partial charge in [-0.25, -0.2) is 0 Å². The molecule has 0 unspecified atom stereocenters. The number of amides is 1. The van der Waals surface area contributed by atoms with Crippen molar-refractivity contribution >= 4 is 5.91 Å². The molecule has 4 heteroatoms. The van der Waals surface area contributed by atoms with Crippen LogP contribution < -0.4 is 5.73 Å². The molecule has 1 aliphatic rings. The molecule has 1 saturated carbocycles. The van der Waals surface area contributed by atoms with Crippen molar-refractivity contribution in [2.75, 3.05) is 19.7 Å². The third-order valence-corrected chi connectivity index (χ3v) is 3.57. The van der Waals surface area contributed by atoms with Gasteiger partial charge in [0.05, 0.1) is 6.61 Å². The summed E-state index contributed by atoms with van der Waals surface area (Å²) in [6, 6.07) is 0. The fraction of sp³-hybridized carbons (Fsp3) is 0.923. The second kappa shape index (κ2) is 6.97. The molecule has 1 amide bonds. The molecule has 1 aliphatic carbocycles. The summed E-state index contributed by atoms with van der Waals surface area (Å²) in [5.41, 5.74) is 5.99. The van der Waals surface area contributed by atoms with Gasteiger partial charge in [-0.15, -0.1) is 0 Å². The smallest absolute Gasteiger partial charge is 0.224 e. The molecule has 0 saturated heterocycles. The molecule has 0 spiro atoms. The maximum Gasteiger partial charge on any atom is 0.224 e. The maximum atomic E-state index is 12.1. The molecule has 1 fully saturated rings. The zero-order valence-electron chi connectivity index (χ0n) is 11.0. The fourth-order valence-corrected chi connectivity index (χ4v) is 2.60. The van der Waals surface area contributed by atoms with Crippen LogP contribution in [0.5, 0.6) is 0 Å². The molecule has 0 heterocycles. The first kappa shape index (κ1) is 14.5. The molecule has 100 valence electrons. The molecule has 1 rings (SSSR count). The Bertz CT molecular complexity index is 232. The lowest BCUT2D eigenvalue weighted by Gasteiger charge is -2.34. The van der Waals surface area contributed by atoms with Crippen molar-refractivity contribution in [3.05, 3.63) is 0 Å². The highest BCUT2D eigenvalue weighted by atomic mass is 16.3. The van der Waals surface area contributed by atoms with Gasteiger partial charge in [-0.2, -0.15) is 0 Å². The van der Waals surface area contributed by atoms with E-state index >= 15 is 0 Å². The molecular weight excluding hydrogens is 216 g/mol. The second-order valence-corrected chi connectivity index (χ2v) is 5.20. The van der Waals surface area contributed by atoms with Gasteiger partial charge in [-0.05, 0) is 19.3 Å². The van der Waals surface area contributed by atoms with E-state index < -0.39 is 0 Å². The molecule has 0 aromatic heterocycles. The predicted molar refractivity (Wildman–Crippen MR) is 68.6 cm³/mol. The normalized spacial score (nSPS) is 19.0. The van der Waals surface area contributed by atoms with Crippen LogP contribution in [0.3, 0.4) is 0 Å². The Morgan fingerprint density at radius 1 is 1.29 bits per heavy atom. The minimum absolute atomic E-state index is 0.0311. The monoisotopic (exact) mass is 242 g/mol. The predicted octanol–water partition coefficient (Wildman–Crippen LogP) is 1.27. The Labute approximate surface area is 104 Å². The molecule has 3 N–H and O–H groups in total. The van der Waals surface area contributed by atoms with Crippen LogP contribution in [0.15, 0.2) is 0 Å². The van der Waals surface area contributed by atoms with E-state index in [-0.39, 0.29) is 18.1 Å². The van der Waals surface area contributed by atoms with Gasteiger partial charge < -0.3 is 15.7 Å². The quantitative estimate of drug-likeness (QED) is 0.737. The van der Waals surface area contributed by atoms with E-state index in [1.54, 1.807) is 4.90 Å². The van der Waals surface area contributed by atoms with Gasteiger partial charge in [0.2, 0.25) is 5.91 Å². The summed E-state index contributed by atoms with van der Waals surface area (Å²) >= 11 is 0. The zero-order chi connectivity index (χ0) is 12.7. The standard InChI is InChI=1S/C13H26N2O2/c1-2-8-15(9-10-16)12(17)11-13(14)6-4-3-5-7-13/h16H,2-11,14H2,1H3. The van der Waals surface area contributed by atoms with E-state index in [2.05, 4.69) is 0 Å². The number of aliphatic hydroxyl groups excluding tert-OH is 1. The van der Waals surface area contributed by atoms with E-state index in [4.69, 9.17) is 10.8 Å². The molecule has 4 nitrogen and oxygen atoms in total.